The zero-order valence-electron chi connectivity index (χ0n) is 26.9. The van der Waals surface area contributed by atoms with Gasteiger partial charge in [0.2, 0.25) is 5.91 Å². The smallest absolute Gasteiger partial charge is 0.318 e. The van der Waals surface area contributed by atoms with Gasteiger partial charge in [-0.3, -0.25) is 20.0 Å². The number of carbonyl (C=O) groups excluding carboxylic acids is 2. The van der Waals surface area contributed by atoms with Gasteiger partial charge >= 0.3 is 6.03 Å². The lowest BCUT2D eigenvalue weighted by Gasteiger charge is -2.29. The highest BCUT2D eigenvalue weighted by molar-refractivity contribution is 7.55. The standard InChI is InChI=1S/C30H48N7O5PS2/c1-21(2)28-34-23(19-44-28)16-36(3)30(39)35-25(8-10-37-11-13-40-14-12-37)26(38)32-9-6-7-22(18-43(4)5)33-27-29(42-27)41-17-24-15-31-20-45-24/h15,19-22,25,27,29,33H,4,6-14,16-18H2,1-3,5H3,(H-,32,35,38,39)/p+1. The molecule has 45 heavy (non-hydrogen) atoms. The molecule has 2 saturated heterocycles. The molecule has 0 aromatic carbocycles. The highest BCUT2D eigenvalue weighted by atomic mass is 32.1. The highest BCUT2D eigenvalue weighted by Gasteiger charge is 2.42. The van der Waals surface area contributed by atoms with Gasteiger partial charge in [-0.15, -0.1) is 22.7 Å². The van der Waals surface area contributed by atoms with E-state index in [1.807, 2.05) is 5.38 Å². The van der Waals surface area contributed by atoms with E-state index in [2.05, 4.69) is 57.6 Å². The minimum absolute atomic E-state index is 0.134. The van der Waals surface area contributed by atoms with Gasteiger partial charge in [-0.25, -0.2) is 9.78 Å². The molecule has 0 radical (unpaired) electrons. The van der Waals surface area contributed by atoms with E-state index in [-0.39, 0.29) is 38.0 Å². The average Bonchev–Trinajstić information content (AvgIpc) is 3.35. The fourth-order valence-electron chi connectivity index (χ4n) is 4.98. The van der Waals surface area contributed by atoms with Crippen molar-refractivity contribution in [3.63, 3.8) is 0 Å². The molecule has 15 heteroatoms. The molecule has 5 unspecified atom stereocenters. The van der Waals surface area contributed by atoms with Crippen LogP contribution >= 0.6 is 30.2 Å². The quantitative estimate of drug-likeness (QED) is 0.116. The molecule has 2 aromatic rings. The van der Waals surface area contributed by atoms with Crippen LogP contribution in [0.5, 0.6) is 0 Å². The van der Waals surface area contributed by atoms with E-state index in [1.165, 1.54) is 0 Å². The van der Waals surface area contributed by atoms with Crippen molar-refractivity contribution in [3.05, 3.63) is 32.7 Å². The first-order valence-corrected chi connectivity index (χ1v) is 19.6. The number of nitrogens with one attached hydrogen (secondary N) is 3. The summed E-state index contributed by atoms with van der Waals surface area (Å²) in [6.07, 6.45) is 8.77. The van der Waals surface area contributed by atoms with Gasteiger partial charge in [-0.05, 0) is 19.3 Å². The monoisotopic (exact) mass is 682 g/mol. The van der Waals surface area contributed by atoms with Crippen molar-refractivity contribution >= 4 is 48.5 Å². The number of nitrogens with zero attached hydrogens (tertiary/aromatic N) is 4. The number of carbonyl (C=O) groups is 2. The van der Waals surface area contributed by atoms with E-state index in [0.29, 0.717) is 51.8 Å². The van der Waals surface area contributed by atoms with Crippen LogP contribution in [0.4, 0.5) is 4.79 Å². The molecule has 0 aliphatic carbocycles. The van der Waals surface area contributed by atoms with E-state index in [9.17, 15) is 9.59 Å². The van der Waals surface area contributed by atoms with Crippen LogP contribution in [0.25, 0.3) is 0 Å². The number of urea groups is 1. The maximum atomic E-state index is 13.4. The summed E-state index contributed by atoms with van der Waals surface area (Å²) < 4.78 is 17.0. The minimum Gasteiger partial charge on any atom is -0.379 e. The molecule has 2 aliphatic heterocycles. The Kier molecular flexibility index (Phi) is 14.6. The van der Waals surface area contributed by atoms with E-state index in [0.717, 1.165) is 47.7 Å². The molecule has 4 rings (SSSR count). The van der Waals surface area contributed by atoms with Gasteiger partial charge < -0.3 is 29.7 Å². The second kappa shape index (κ2) is 18.3. The lowest BCUT2D eigenvalue weighted by Crippen LogP contribution is -2.52. The third-order valence-corrected chi connectivity index (χ3v) is 10.6. The van der Waals surface area contributed by atoms with Crippen LogP contribution in [-0.4, -0.2) is 122 Å². The molecule has 3 amide bonds. The van der Waals surface area contributed by atoms with Crippen LogP contribution in [0.15, 0.2) is 17.1 Å². The summed E-state index contributed by atoms with van der Waals surface area (Å²) in [6, 6.07) is -0.716. The third kappa shape index (κ3) is 12.6. The van der Waals surface area contributed by atoms with Crippen LogP contribution < -0.4 is 16.0 Å². The Morgan fingerprint density at radius 1 is 1.27 bits per heavy atom. The van der Waals surface area contributed by atoms with E-state index in [4.69, 9.17) is 14.2 Å². The van der Waals surface area contributed by atoms with Crippen molar-refractivity contribution in [1.82, 2.24) is 35.7 Å². The summed E-state index contributed by atoms with van der Waals surface area (Å²) in [6.45, 7) is 11.5. The maximum Gasteiger partial charge on any atom is 0.318 e. The van der Waals surface area contributed by atoms with Crippen LogP contribution in [0.3, 0.4) is 0 Å². The van der Waals surface area contributed by atoms with Gasteiger partial charge in [0.1, 0.15) is 12.2 Å². The molecule has 250 valence electrons. The zero-order chi connectivity index (χ0) is 32.2. The number of epoxide rings is 1. The van der Waals surface area contributed by atoms with Crippen LogP contribution in [-0.2, 0) is 32.2 Å². The summed E-state index contributed by atoms with van der Waals surface area (Å²) in [5, 5.41) is 12.7. The second-order valence-electron chi connectivity index (χ2n) is 12.0. The van der Waals surface area contributed by atoms with Gasteiger partial charge in [0, 0.05) is 56.8 Å². The lowest BCUT2D eigenvalue weighted by atomic mass is 10.1. The van der Waals surface area contributed by atoms with Crippen molar-refractivity contribution in [2.24, 2.45) is 0 Å². The molecule has 3 N–H and O–H groups in total. The van der Waals surface area contributed by atoms with Gasteiger partial charge in [0.05, 0.1) is 68.0 Å². The zero-order valence-corrected chi connectivity index (χ0v) is 29.4. The third-order valence-electron chi connectivity index (χ3n) is 7.55. The van der Waals surface area contributed by atoms with E-state index < -0.39 is 6.04 Å². The Hall–Kier alpha value is -2.03. The molecular formula is C30H49N7O5PS2+. The number of rotatable bonds is 19. The first-order valence-electron chi connectivity index (χ1n) is 15.6. The molecule has 2 aromatic heterocycles. The lowest BCUT2D eigenvalue weighted by molar-refractivity contribution is -0.123. The summed E-state index contributed by atoms with van der Waals surface area (Å²) in [4.78, 5) is 40.2. The Morgan fingerprint density at radius 3 is 2.76 bits per heavy atom. The number of morpholine rings is 1. The number of hydrogen-bond donors (Lipinski definition) is 3. The summed E-state index contributed by atoms with van der Waals surface area (Å²) in [5.74, 6) is 0.180. The number of aromatic nitrogens is 2. The number of amides is 3. The highest BCUT2D eigenvalue weighted by Crippen LogP contribution is 2.26. The normalized spacial score (nSPS) is 20.1. The number of hydrogen-bond acceptors (Lipinski definition) is 11. The Balaban J connectivity index is 1.23. The van der Waals surface area contributed by atoms with Gasteiger partial charge in [0.25, 0.3) is 0 Å². The largest absolute Gasteiger partial charge is 0.379 e. The molecular weight excluding hydrogens is 633 g/mol. The maximum absolute atomic E-state index is 13.4. The minimum atomic E-state index is -0.641. The molecule has 2 fully saturated rings. The SMILES string of the molecule is C=[P+](C)CC(CCCNC(=O)C(CCN1CCOCC1)NC(=O)N(C)Cc1csc(C(C)C)n1)NC1OC1OCc1cncs1. The van der Waals surface area contributed by atoms with Crippen LogP contribution in [0.1, 0.15) is 54.6 Å². The Bertz CT molecular complexity index is 1210. The molecule has 0 bridgehead atoms. The first kappa shape index (κ1) is 35.8. The molecule has 0 saturated carbocycles. The van der Waals surface area contributed by atoms with Crippen molar-refractivity contribution in [3.8, 4) is 0 Å². The molecule has 5 atom stereocenters. The number of thiazole rings is 2. The fourth-order valence-corrected chi connectivity index (χ4v) is 7.36. The van der Waals surface area contributed by atoms with Gasteiger partial charge in [-0.2, -0.15) is 0 Å². The van der Waals surface area contributed by atoms with E-state index in [1.54, 1.807) is 46.3 Å². The fraction of sp³-hybridized carbons (Fsp3) is 0.700. The molecule has 2 aliphatic rings. The van der Waals surface area contributed by atoms with Crippen LogP contribution in [0, 0.1) is 0 Å². The molecule has 12 nitrogen and oxygen atoms in total. The summed E-state index contributed by atoms with van der Waals surface area (Å²) in [5.41, 5.74) is 2.64. The van der Waals surface area contributed by atoms with Crippen molar-refractivity contribution in [2.45, 2.75) is 76.8 Å². The first-order chi connectivity index (χ1) is 21.7. The predicted molar refractivity (Wildman–Crippen MR) is 181 cm³/mol. The second-order valence-corrected chi connectivity index (χ2v) is 15.9. The van der Waals surface area contributed by atoms with Crippen molar-refractivity contribution in [1.29, 1.82) is 0 Å². The van der Waals surface area contributed by atoms with Crippen molar-refractivity contribution in [2.75, 3.05) is 59.3 Å². The van der Waals surface area contributed by atoms with Crippen LogP contribution in [0.2, 0.25) is 0 Å². The predicted octanol–water partition coefficient (Wildman–Crippen LogP) is 3.25. The Morgan fingerprint density at radius 2 is 2.07 bits per heavy atom. The number of ether oxygens (including phenoxy) is 3. The Labute approximate surface area is 276 Å². The molecule has 0 spiro atoms. The van der Waals surface area contributed by atoms with Crippen molar-refractivity contribution < 1.29 is 23.8 Å². The summed E-state index contributed by atoms with van der Waals surface area (Å²) >= 11 is 3.17. The topological polar surface area (TPSA) is 133 Å². The average molecular weight is 683 g/mol. The van der Waals surface area contributed by atoms with Gasteiger partial charge in [-0.1, -0.05) is 13.8 Å². The van der Waals surface area contributed by atoms with Gasteiger partial charge in [0.15, 0.2) is 12.5 Å². The molecule has 4 heterocycles. The summed E-state index contributed by atoms with van der Waals surface area (Å²) in [7, 11) is 1.37. The van der Waals surface area contributed by atoms with E-state index >= 15 is 0 Å².